The highest BCUT2D eigenvalue weighted by molar-refractivity contribution is 14.1. The number of hydrogen-bond acceptors (Lipinski definition) is 4. The molecule has 94 valence electrons. The lowest BCUT2D eigenvalue weighted by Gasteiger charge is -2.12. The summed E-state index contributed by atoms with van der Waals surface area (Å²) in [6.07, 6.45) is -4.93. The number of nitrogens with zero attached hydrogens (tertiary/aromatic N) is 1. The van der Waals surface area contributed by atoms with Gasteiger partial charge in [-0.25, -0.2) is 9.78 Å². The van der Waals surface area contributed by atoms with Crippen molar-refractivity contribution in [2.24, 2.45) is 5.73 Å². The van der Waals surface area contributed by atoms with Crippen LogP contribution in [-0.4, -0.2) is 22.4 Å². The van der Waals surface area contributed by atoms with Gasteiger partial charge in [0, 0.05) is 6.54 Å². The van der Waals surface area contributed by atoms with Crippen LogP contribution in [0.3, 0.4) is 0 Å². The number of halogens is 4. The highest BCUT2D eigenvalue weighted by atomic mass is 127. The van der Waals surface area contributed by atoms with Gasteiger partial charge in [0.25, 0.3) is 0 Å². The average Bonchev–Trinajstić information content (AvgIpc) is 2.18. The van der Waals surface area contributed by atoms with Crippen molar-refractivity contribution in [2.75, 3.05) is 0 Å². The molecule has 9 heteroatoms. The van der Waals surface area contributed by atoms with Gasteiger partial charge in [-0.15, -0.1) is 13.2 Å². The second kappa shape index (κ2) is 5.04. The summed E-state index contributed by atoms with van der Waals surface area (Å²) in [5, 5.41) is 8.68. The zero-order valence-corrected chi connectivity index (χ0v) is 10.2. The van der Waals surface area contributed by atoms with Crippen LogP contribution in [0.25, 0.3) is 0 Å². The molecular weight excluding hydrogens is 356 g/mol. The van der Waals surface area contributed by atoms with Crippen LogP contribution in [0.5, 0.6) is 5.88 Å². The summed E-state index contributed by atoms with van der Waals surface area (Å²) in [7, 11) is 0. The Kier molecular flexibility index (Phi) is 4.14. The summed E-state index contributed by atoms with van der Waals surface area (Å²) in [5.41, 5.74) is 4.96. The van der Waals surface area contributed by atoms with Crippen LogP contribution >= 0.6 is 22.6 Å². The number of rotatable bonds is 3. The Balaban J connectivity index is 3.28. The number of carboxylic acids is 1. The average molecular weight is 362 g/mol. The van der Waals surface area contributed by atoms with E-state index in [4.69, 9.17) is 10.8 Å². The van der Waals surface area contributed by atoms with Gasteiger partial charge in [0.05, 0.1) is 3.57 Å². The predicted octanol–water partition coefficient (Wildman–Crippen LogP) is 1.74. The minimum atomic E-state index is -4.93. The summed E-state index contributed by atoms with van der Waals surface area (Å²) in [6, 6.07) is 1.10. The molecular formula is C8H6F3IN2O3. The maximum absolute atomic E-state index is 12.0. The third kappa shape index (κ3) is 3.70. The summed E-state index contributed by atoms with van der Waals surface area (Å²) >= 11 is 1.56. The van der Waals surface area contributed by atoms with E-state index in [2.05, 4.69) is 9.72 Å². The fraction of sp³-hybridized carbons (Fsp3) is 0.250. The highest BCUT2D eigenvalue weighted by Crippen LogP contribution is 2.28. The van der Waals surface area contributed by atoms with Crippen LogP contribution in [-0.2, 0) is 6.54 Å². The molecule has 0 amide bonds. The Morgan fingerprint density at radius 3 is 2.59 bits per heavy atom. The molecule has 0 atom stereocenters. The van der Waals surface area contributed by atoms with Crippen LogP contribution in [0.15, 0.2) is 6.07 Å². The number of aromatic nitrogens is 1. The van der Waals surface area contributed by atoms with E-state index in [0.717, 1.165) is 6.07 Å². The maximum Gasteiger partial charge on any atom is 0.574 e. The summed E-state index contributed by atoms with van der Waals surface area (Å²) in [6.45, 7) is -0.116. The van der Waals surface area contributed by atoms with Crippen LogP contribution in [0, 0.1) is 3.57 Å². The van der Waals surface area contributed by atoms with Gasteiger partial charge >= 0.3 is 12.3 Å². The highest BCUT2D eigenvalue weighted by Gasteiger charge is 2.33. The number of aromatic carboxylic acids is 1. The first-order valence-corrected chi connectivity index (χ1v) is 5.21. The van der Waals surface area contributed by atoms with Crippen molar-refractivity contribution in [2.45, 2.75) is 12.9 Å². The Hall–Kier alpha value is -1.10. The minimum Gasteiger partial charge on any atom is -0.477 e. The summed E-state index contributed by atoms with van der Waals surface area (Å²) < 4.78 is 39.8. The van der Waals surface area contributed by atoms with Gasteiger partial charge in [-0.2, -0.15) is 0 Å². The normalized spacial score (nSPS) is 11.4. The van der Waals surface area contributed by atoms with Crippen molar-refractivity contribution >= 4 is 28.6 Å². The fourth-order valence-electron chi connectivity index (χ4n) is 0.992. The molecule has 3 N–H and O–H groups in total. The lowest BCUT2D eigenvalue weighted by molar-refractivity contribution is -0.276. The number of nitrogens with two attached hydrogens (primary N) is 1. The fourth-order valence-corrected chi connectivity index (χ4v) is 1.60. The minimum absolute atomic E-state index is 0.0347. The molecule has 1 aromatic rings. The van der Waals surface area contributed by atoms with Gasteiger partial charge in [-0.1, -0.05) is 0 Å². The molecule has 0 aliphatic rings. The Labute approximate surface area is 107 Å². The first-order valence-electron chi connectivity index (χ1n) is 4.13. The number of hydrogen-bond donors (Lipinski definition) is 2. The van der Waals surface area contributed by atoms with Crippen molar-refractivity contribution in [3.63, 3.8) is 0 Å². The van der Waals surface area contributed by atoms with E-state index in [0.29, 0.717) is 0 Å². The molecule has 0 fully saturated rings. The lowest BCUT2D eigenvalue weighted by Crippen LogP contribution is -2.20. The first kappa shape index (κ1) is 14.0. The van der Waals surface area contributed by atoms with E-state index in [-0.39, 0.29) is 15.7 Å². The third-order valence-corrected chi connectivity index (χ3v) is 2.81. The molecule has 1 heterocycles. The molecule has 17 heavy (non-hydrogen) atoms. The largest absolute Gasteiger partial charge is 0.574 e. The van der Waals surface area contributed by atoms with Gasteiger partial charge in [-0.05, 0) is 34.2 Å². The molecule has 0 bridgehead atoms. The number of pyridine rings is 1. The van der Waals surface area contributed by atoms with Crippen LogP contribution in [0.2, 0.25) is 0 Å². The number of carbonyl (C=O) groups is 1. The molecule has 0 radical (unpaired) electrons. The molecule has 0 spiro atoms. The topological polar surface area (TPSA) is 85.4 Å². The van der Waals surface area contributed by atoms with Crippen LogP contribution < -0.4 is 10.5 Å². The molecule has 0 aromatic carbocycles. The summed E-state index contributed by atoms with van der Waals surface area (Å²) in [5.74, 6) is -2.26. The maximum atomic E-state index is 12.0. The molecule has 0 aliphatic heterocycles. The van der Waals surface area contributed by atoms with Gasteiger partial charge in [0.1, 0.15) is 0 Å². The molecule has 1 rings (SSSR count). The second-order valence-electron chi connectivity index (χ2n) is 2.84. The lowest BCUT2D eigenvalue weighted by atomic mass is 10.2. The molecule has 1 aromatic heterocycles. The molecule has 0 unspecified atom stereocenters. The third-order valence-electron chi connectivity index (χ3n) is 1.65. The predicted molar refractivity (Wildman–Crippen MR) is 58.5 cm³/mol. The summed E-state index contributed by atoms with van der Waals surface area (Å²) in [4.78, 5) is 13.9. The quantitative estimate of drug-likeness (QED) is 0.801. The number of alkyl halides is 3. The second-order valence-corrected chi connectivity index (χ2v) is 3.92. The number of ether oxygens (including phenoxy) is 1. The van der Waals surface area contributed by atoms with E-state index in [1.165, 1.54) is 0 Å². The zero-order chi connectivity index (χ0) is 13.2. The van der Waals surface area contributed by atoms with E-state index < -0.39 is 23.9 Å². The molecule has 0 aliphatic carbocycles. The molecule has 0 saturated heterocycles. The standard InChI is InChI=1S/C8H6F3IN2O3/c9-8(10,11)17-6-5(12)3(2-13)1-4(14-6)7(15)16/h1H,2,13H2,(H,15,16). The Morgan fingerprint density at radius 1 is 1.59 bits per heavy atom. The van der Waals surface area contributed by atoms with Gasteiger partial charge in [0.15, 0.2) is 5.69 Å². The van der Waals surface area contributed by atoms with Crippen molar-refractivity contribution in [3.8, 4) is 5.88 Å². The zero-order valence-electron chi connectivity index (χ0n) is 8.08. The number of carboxylic acid groups (broad SMARTS) is 1. The van der Waals surface area contributed by atoms with Gasteiger partial charge in [0.2, 0.25) is 5.88 Å². The SMILES string of the molecule is NCc1cc(C(=O)O)nc(OC(F)(F)F)c1I. The Bertz CT molecular complexity index is 450. The van der Waals surface area contributed by atoms with Crippen LogP contribution in [0.4, 0.5) is 13.2 Å². The van der Waals surface area contributed by atoms with Crippen LogP contribution in [0.1, 0.15) is 16.1 Å². The van der Waals surface area contributed by atoms with E-state index in [1.807, 2.05) is 0 Å². The van der Waals surface area contributed by atoms with Crippen molar-refractivity contribution < 1.29 is 27.8 Å². The van der Waals surface area contributed by atoms with Gasteiger partial charge < -0.3 is 15.6 Å². The van der Waals surface area contributed by atoms with Crippen molar-refractivity contribution in [3.05, 3.63) is 20.9 Å². The van der Waals surface area contributed by atoms with E-state index in [9.17, 15) is 18.0 Å². The smallest absolute Gasteiger partial charge is 0.477 e. The van der Waals surface area contributed by atoms with Gasteiger partial charge in [-0.3, -0.25) is 0 Å². The van der Waals surface area contributed by atoms with Crippen molar-refractivity contribution in [1.29, 1.82) is 0 Å². The first-order chi connectivity index (χ1) is 7.74. The van der Waals surface area contributed by atoms with E-state index in [1.54, 1.807) is 22.6 Å². The monoisotopic (exact) mass is 362 g/mol. The van der Waals surface area contributed by atoms with E-state index >= 15 is 0 Å². The molecule has 5 nitrogen and oxygen atoms in total. The molecule has 0 saturated carbocycles. The Morgan fingerprint density at radius 2 is 2.18 bits per heavy atom. The van der Waals surface area contributed by atoms with Crippen molar-refractivity contribution in [1.82, 2.24) is 4.98 Å².